The predicted molar refractivity (Wildman–Crippen MR) is 125 cm³/mol. The quantitative estimate of drug-likeness (QED) is 0.123. The van der Waals surface area contributed by atoms with Crippen LogP contribution in [0, 0.1) is 11.6 Å². The number of aromatic nitrogens is 2. The van der Waals surface area contributed by atoms with E-state index in [4.69, 9.17) is 15.2 Å². The fourth-order valence-corrected chi connectivity index (χ4v) is 3.18. The van der Waals surface area contributed by atoms with E-state index in [0.29, 0.717) is 29.3 Å². The minimum atomic E-state index is -4.03. The maximum absolute atomic E-state index is 13.3. The van der Waals surface area contributed by atoms with E-state index in [9.17, 15) is 13.3 Å². The second-order valence-corrected chi connectivity index (χ2v) is 8.64. The standard InChI is InChI=1S/C22H24F2N5O5P/c1-32-35(30,31)33-14-26-6-2-3-16(12-25)21-11-20(29-34-21)7-15-4-5-22(27-13-15)28-19-9-17(23)8-18(24)10-19/h2-6,8-11,13,26H,7,12,14,25H2,1H3,(H,27,28)(H,30,31)/b6-2-,16-3+. The average Bonchev–Trinajstić information content (AvgIpc) is 3.27. The Balaban J connectivity index is 1.55. The third-order valence-electron chi connectivity index (χ3n) is 4.49. The Morgan fingerprint density at radius 3 is 2.69 bits per heavy atom. The van der Waals surface area contributed by atoms with Crippen LogP contribution in [0.4, 0.5) is 20.3 Å². The van der Waals surface area contributed by atoms with Crippen LogP contribution in [0.5, 0.6) is 0 Å². The second-order valence-electron chi connectivity index (χ2n) is 7.08. The van der Waals surface area contributed by atoms with Crippen LogP contribution in [0.2, 0.25) is 0 Å². The van der Waals surface area contributed by atoms with Gasteiger partial charge in [-0.15, -0.1) is 0 Å². The summed E-state index contributed by atoms with van der Waals surface area (Å²) in [7, 11) is -2.96. The molecule has 13 heteroatoms. The highest BCUT2D eigenvalue weighted by atomic mass is 31.2. The largest absolute Gasteiger partial charge is 0.473 e. The molecule has 0 radical (unpaired) electrons. The van der Waals surface area contributed by atoms with E-state index < -0.39 is 19.5 Å². The normalized spacial score (nSPS) is 13.7. The van der Waals surface area contributed by atoms with Gasteiger partial charge in [-0.05, 0) is 36.0 Å². The molecule has 3 rings (SSSR count). The number of phosphoric acid groups is 1. The van der Waals surface area contributed by atoms with E-state index >= 15 is 0 Å². The highest BCUT2D eigenvalue weighted by Crippen LogP contribution is 2.41. The number of rotatable bonds is 12. The number of hydrogen-bond acceptors (Lipinski definition) is 9. The van der Waals surface area contributed by atoms with Crippen molar-refractivity contribution in [2.75, 3.05) is 25.7 Å². The third-order valence-corrected chi connectivity index (χ3v) is 5.41. The van der Waals surface area contributed by atoms with Crippen molar-refractivity contribution in [1.82, 2.24) is 15.5 Å². The number of hydrogen-bond donors (Lipinski definition) is 4. The molecule has 10 nitrogen and oxygen atoms in total. The molecule has 5 N–H and O–H groups in total. The molecule has 0 aliphatic carbocycles. The van der Waals surface area contributed by atoms with Crippen molar-refractivity contribution in [2.45, 2.75) is 6.42 Å². The first-order valence-electron chi connectivity index (χ1n) is 10.2. The Labute approximate surface area is 200 Å². The SMILES string of the molecule is COP(=O)(O)OCN/C=C\C=C(/CN)c1cc(Cc2ccc(Nc3cc(F)cc(F)c3)nc2)no1. The molecule has 0 spiro atoms. The third kappa shape index (κ3) is 8.39. The Morgan fingerprint density at radius 1 is 1.26 bits per heavy atom. The van der Waals surface area contributed by atoms with E-state index in [0.717, 1.165) is 18.7 Å². The van der Waals surface area contributed by atoms with E-state index in [-0.39, 0.29) is 19.0 Å². The highest BCUT2D eigenvalue weighted by Gasteiger charge is 2.17. The van der Waals surface area contributed by atoms with Crippen LogP contribution in [-0.4, -0.2) is 35.4 Å². The van der Waals surface area contributed by atoms with Gasteiger partial charge in [0.15, 0.2) is 5.76 Å². The van der Waals surface area contributed by atoms with Crippen LogP contribution >= 0.6 is 7.82 Å². The van der Waals surface area contributed by atoms with E-state index in [1.165, 1.54) is 18.3 Å². The van der Waals surface area contributed by atoms with Crippen molar-refractivity contribution in [2.24, 2.45) is 5.73 Å². The Morgan fingerprint density at radius 2 is 2.03 bits per heavy atom. The predicted octanol–water partition coefficient (Wildman–Crippen LogP) is 3.85. The molecule has 186 valence electrons. The van der Waals surface area contributed by atoms with E-state index in [1.807, 2.05) is 6.07 Å². The van der Waals surface area contributed by atoms with Crippen LogP contribution in [0.25, 0.3) is 5.57 Å². The fraction of sp³-hybridized carbons (Fsp3) is 0.182. The maximum Gasteiger partial charge on any atom is 0.473 e. The molecule has 0 fully saturated rings. The summed E-state index contributed by atoms with van der Waals surface area (Å²) in [5.74, 6) is -0.444. The van der Waals surface area contributed by atoms with Crippen molar-refractivity contribution in [3.05, 3.63) is 89.6 Å². The van der Waals surface area contributed by atoms with Crippen LogP contribution in [0.1, 0.15) is 17.0 Å². The number of benzene rings is 1. The minimum Gasteiger partial charge on any atom is -0.368 e. The van der Waals surface area contributed by atoms with Crippen molar-refractivity contribution in [3.63, 3.8) is 0 Å². The molecular weight excluding hydrogens is 483 g/mol. The van der Waals surface area contributed by atoms with Crippen LogP contribution in [0.15, 0.2) is 65.5 Å². The zero-order valence-corrected chi connectivity index (χ0v) is 19.5. The number of nitrogens with zero attached hydrogens (tertiary/aromatic N) is 2. The maximum atomic E-state index is 13.3. The molecule has 0 aliphatic rings. The van der Waals surface area contributed by atoms with Gasteiger partial charge in [0.2, 0.25) is 0 Å². The molecule has 2 heterocycles. The molecule has 2 aromatic heterocycles. The molecule has 1 atom stereocenters. The fourth-order valence-electron chi connectivity index (χ4n) is 2.84. The van der Waals surface area contributed by atoms with Gasteiger partial charge in [0, 0.05) is 49.7 Å². The van der Waals surface area contributed by atoms with Crippen molar-refractivity contribution >= 4 is 24.9 Å². The van der Waals surface area contributed by atoms with Crippen LogP contribution in [0.3, 0.4) is 0 Å². The summed E-state index contributed by atoms with van der Waals surface area (Å²) in [6, 6.07) is 8.39. The first-order valence-corrected chi connectivity index (χ1v) is 11.7. The number of pyridine rings is 1. The molecule has 0 amide bonds. The Bertz CT molecular complexity index is 1210. The minimum absolute atomic E-state index is 0.188. The number of anilines is 2. The summed E-state index contributed by atoms with van der Waals surface area (Å²) >= 11 is 0. The zero-order valence-electron chi connectivity index (χ0n) is 18.6. The van der Waals surface area contributed by atoms with Crippen LogP contribution < -0.4 is 16.4 Å². The summed E-state index contributed by atoms with van der Waals surface area (Å²) in [5.41, 5.74) is 8.23. The number of nitrogens with two attached hydrogens (primary N) is 1. The van der Waals surface area contributed by atoms with Crippen molar-refractivity contribution in [3.8, 4) is 0 Å². The summed E-state index contributed by atoms with van der Waals surface area (Å²) < 4.78 is 52.1. The van der Waals surface area contributed by atoms with Crippen molar-refractivity contribution in [1.29, 1.82) is 0 Å². The lowest BCUT2D eigenvalue weighted by molar-refractivity contribution is 0.168. The molecule has 0 aliphatic heterocycles. The lowest BCUT2D eigenvalue weighted by atomic mass is 10.1. The topological polar surface area (TPSA) is 145 Å². The Kier molecular flexibility index (Phi) is 9.24. The van der Waals surface area contributed by atoms with Gasteiger partial charge in [0.05, 0.1) is 5.69 Å². The smallest absolute Gasteiger partial charge is 0.368 e. The van der Waals surface area contributed by atoms with Crippen LogP contribution in [-0.2, 0) is 20.0 Å². The van der Waals surface area contributed by atoms with Gasteiger partial charge in [-0.2, -0.15) is 0 Å². The molecule has 1 aromatic carbocycles. The molecular formula is C22H24F2N5O5P. The van der Waals surface area contributed by atoms with Gasteiger partial charge in [-0.25, -0.2) is 18.3 Å². The van der Waals surface area contributed by atoms with E-state index in [2.05, 4.69) is 29.8 Å². The first kappa shape index (κ1) is 26.2. The van der Waals surface area contributed by atoms with Gasteiger partial charge < -0.3 is 25.8 Å². The molecule has 0 saturated heterocycles. The van der Waals surface area contributed by atoms with E-state index in [1.54, 1.807) is 30.5 Å². The van der Waals surface area contributed by atoms with Gasteiger partial charge in [-0.3, -0.25) is 9.05 Å². The first-order chi connectivity index (χ1) is 16.8. The number of halogens is 2. The van der Waals surface area contributed by atoms with Gasteiger partial charge in [0.1, 0.15) is 24.2 Å². The summed E-state index contributed by atoms with van der Waals surface area (Å²) in [6.07, 6.45) is 6.89. The number of phosphoric ester groups is 1. The lowest BCUT2D eigenvalue weighted by Gasteiger charge is -2.08. The van der Waals surface area contributed by atoms with Gasteiger partial charge in [0.25, 0.3) is 0 Å². The molecule has 35 heavy (non-hydrogen) atoms. The molecule has 3 aromatic rings. The van der Waals surface area contributed by atoms with Gasteiger partial charge in [-0.1, -0.05) is 17.3 Å². The summed E-state index contributed by atoms with van der Waals surface area (Å²) in [4.78, 5) is 13.4. The van der Waals surface area contributed by atoms with Gasteiger partial charge >= 0.3 is 7.82 Å². The molecule has 1 unspecified atom stereocenters. The monoisotopic (exact) mass is 507 g/mol. The summed E-state index contributed by atoms with van der Waals surface area (Å²) in [6.45, 7) is -0.0363. The zero-order chi connectivity index (χ0) is 25.3. The Hall–Kier alpha value is -3.41. The molecule has 0 bridgehead atoms. The summed E-state index contributed by atoms with van der Waals surface area (Å²) in [5, 5.41) is 9.57. The number of nitrogens with one attached hydrogen (secondary N) is 2. The second kappa shape index (κ2) is 12.3. The average molecular weight is 507 g/mol. The highest BCUT2D eigenvalue weighted by molar-refractivity contribution is 7.47. The number of allylic oxidation sites excluding steroid dienone is 2. The van der Waals surface area contributed by atoms with Crippen molar-refractivity contribution < 1.29 is 31.8 Å². The molecule has 0 saturated carbocycles. The lowest BCUT2D eigenvalue weighted by Crippen LogP contribution is -2.09.